The van der Waals surface area contributed by atoms with Gasteiger partial charge in [0, 0.05) is 11.3 Å². The van der Waals surface area contributed by atoms with Crippen LogP contribution in [0.3, 0.4) is 0 Å². The van der Waals surface area contributed by atoms with Gasteiger partial charge in [0.1, 0.15) is 0 Å². The van der Waals surface area contributed by atoms with Gasteiger partial charge in [-0.25, -0.2) is 0 Å². The molecule has 2 N–H and O–H groups in total. The number of rotatable bonds is 2. The topological polar surface area (TPSA) is 26.0 Å². The number of aryl methyl sites for hydroxylation is 1. The zero-order chi connectivity index (χ0) is 11.0. The summed E-state index contributed by atoms with van der Waals surface area (Å²) in [5, 5.41) is 0. The van der Waals surface area contributed by atoms with Gasteiger partial charge in [0.05, 0.1) is 0 Å². The molecule has 0 bridgehead atoms. The Kier molecular flexibility index (Phi) is 6.21. The highest BCUT2D eigenvalue weighted by atomic mass is 14.6. The van der Waals surface area contributed by atoms with Gasteiger partial charge in [-0.15, -0.1) is 0 Å². The van der Waals surface area contributed by atoms with Crippen LogP contribution in [0, 0.1) is 6.92 Å². The molecular formula is C13H19N. The smallest absolute Gasteiger partial charge is 0.0390 e. The minimum Gasteiger partial charge on any atom is -0.398 e. The summed E-state index contributed by atoms with van der Waals surface area (Å²) in [6.07, 6.45) is 3.50. The first-order valence-electron chi connectivity index (χ1n) is 4.90. The maximum atomic E-state index is 5.80. The van der Waals surface area contributed by atoms with Crippen LogP contribution in [0.1, 0.15) is 25.0 Å². The number of hydrogen-bond acceptors (Lipinski definition) is 1. The highest BCUT2D eigenvalue weighted by Gasteiger charge is 1.97. The predicted molar refractivity (Wildman–Crippen MR) is 64.9 cm³/mol. The molecule has 0 spiro atoms. The quantitative estimate of drug-likeness (QED) is 0.708. The van der Waals surface area contributed by atoms with E-state index >= 15 is 0 Å². The molecule has 1 heteroatoms. The summed E-state index contributed by atoms with van der Waals surface area (Å²) in [5.41, 5.74) is 8.83. The van der Waals surface area contributed by atoms with Gasteiger partial charge >= 0.3 is 0 Å². The molecule has 76 valence electrons. The summed E-state index contributed by atoms with van der Waals surface area (Å²) in [6, 6.07) is 8.02. The molecule has 0 atom stereocenters. The van der Waals surface area contributed by atoms with Gasteiger partial charge in [0.2, 0.25) is 0 Å². The summed E-state index contributed by atoms with van der Waals surface area (Å²) in [6.45, 7) is 9.64. The molecule has 0 fully saturated rings. The van der Waals surface area contributed by atoms with Crippen molar-refractivity contribution in [3.63, 3.8) is 0 Å². The van der Waals surface area contributed by atoms with E-state index in [0.717, 1.165) is 11.3 Å². The second-order valence-corrected chi connectivity index (χ2v) is 2.67. The summed E-state index contributed by atoms with van der Waals surface area (Å²) >= 11 is 0. The minimum absolute atomic E-state index is 0.767. The molecule has 0 aliphatic carbocycles. The highest BCUT2D eigenvalue weighted by Crippen LogP contribution is 2.13. The molecule has 1 rings (SSSR count). The number of nitrogens with two attached hydrogens (primary N) is 1. The number of hydrogen-bond donors (Lipinski definition) is 1. The average molecular weight is 189 g/mol. The summed E-state index contributed by atoms with van der Waals surface area (Å²) in [5.74, 6) is 0. The molecule has 0 heterocycles. The summed E-state index contributed by atoms with van der Waals surface area (Å²) in [4.78, 5) is 0. The van der Waals surface area contributed by atoms with Gasteiger partial charge in [-0.2, -0.15) is 0 Å². The molecule has 1 aromatic rings. The first-order chi connectivity index (χ1) is 6.75. The third kappa shape index (κ3) is 3.48. The fraction of sp³-hybridized carbons (Fsp3) is 0.231. The molecule has 0 amide bonds. The van der Waals surface area contributed by atoms with Crippen LogP contribution in [-0.4, -0.2) is 0 Å². The van der Waals surface area contributed by atoms with Gasteiger partial charge in [0.15, 0.2) is 0 Å². The average Bonchev–Trinajstić information content (AvgIpc) is 2.22. The van der Waals surface area contributed by atoms with Gasteiger partial charge < -0.3 is 5.73 Å². The van der Waals surface area contributed by atoms with Crippen molar-refractivity contribution >= 4 is 5.70 Å². The third-order valence-electron chi connectivity index (χ3n) is 1.75. The van der Waals surface area contributed by atoms with E-state index in [1.165, 1.54) is 5.56 Å². The van der Waals surface area contributed by atoms with E-state index in [9.17, 15) is 0 Å². The largest absolute Gasteiger partial charge is 0.398 e. The van der Waals surface area contributed by atoms with E-state index in [2.05, 4.69) is 6.58 Å². The van der Waals surface area contributed by atoms with Crippen molar-refractivity contribution in [2.24, 2.45) is 5.73 Å². The molecule has 0 aliphatic heterocycles. The lowest BCUT2D eigenvalue weighted by Crippen LogP contribution is -1.97. The van der Waals surface area contributed by atoms with Crippen molar-refractivity contribution in [1.29, 1.82) is 0 Å². The fourth-order valence-electron chi connectivity index (χ4n) is 1.11. The first-order valence-corrected chi connectivity index (χ1v) is 4.90. The van der Waals surface area contributed by atoms with Gasteiger partial charge in [0.25, 0.3) is 0 Å². The van der Waals surface area contributed by atoms with Crippen LogP contribution < -0.4 is 5.73 Å². The normalized spacial score (nSPS) is 10.1. The molecule has 1 nitrogen and oxygen atoms in total. The SMILES string of the molecule is C=C/C=C(/N)c1ccccc1C.CC. The summed E-state index contributed by atoms with van der Waals surface area (Å²) < 4.78 is 0. The molecule has 0 saturated carbocycles. The Labute approximate surface area is 87.0 Å². The third-order valence-corrected chi connectivity index (χ3v) is 1.75. The van der Waals surface area contributed by atoms with E-state index in [1.807, 2.05) is 51.1 Å². The van der Waals surface area contributed by atoms with Gasteiger partial charge in [-0.1, -0.05) is 50.8 Å². The van der Waals surface area contributed by atoms with Crippen LogP contribution in [0.4, 0.5) is 0 Å². The lowest BCUT2D eigenvalue weighted by atomic mass is 10.1. The lowest BCUT2D eigenvalue weighted by molar-refractivity contribution is 1.39. The Bertz CT molecular complexity index is 311. The number of benzene rings is 1. The Morgan fingerprint density at radius 1 is 1.29 bits per heavy atom. The van der Waals surface area contributed by atoms with E-state index in [0.29, 0.717) is 0 Å². The van der Waals surface area contributed by atoms with Crippen molar-refractivity contribution in [3.8, 4) is 0 Å². The molecule has 0 unspecified atom stereocenters. The lowest BCUT2D eigenvalue weighted by Gasteiger charge is -2.03. The maximum absolute atomic E-state index is 5.80. The molecule has 1 aromatic carbocycles. The van der Waals surface area contributed by atoms with Crippen molar-refractivity contribution in [2.75, 3.05) is 0 Å². The van der Waals surface area contributed by atoms with Crippen molar-refractivity contribution < 1.29 is 0 Å². The monoisotopic (exact) mass is 189 g/mol. The second-order valence-electron chi connectivity index (χ2n) is 2.67. The predicted octanol–water partition coefficient (Wildman–Crippen LogP) is 3.51. The molecule has 14 heavy (non-hydrogen) atoms. The van der Waals surface area contributed by atoms with Crippen LogP contribution in [0.15, 0.2) is 43.0 Å². The van der Waals surface area contributed by atoms with Crippen LogP contribution in [0.2, 0.25) is 0 Å². The zero-order valence-electron chi connectivity index (χ0n) is 9.25. The molecule has 0 radical (unpaired) electrons. The minimum atomic E-state index is 0.767. The zero-order valence-corrected chi connectivity index (χ0v) is 9.25. The highest BCUT2D eigenvalue weighted by molar-refractivity contribution is 5.66. The molecular weight excluding hydrogens is 170 g/mol. The van der Waals surface area contributed by atoms with Crippen LogP contribution in [0.5, 0.6) is 0 Å². The Morgan fingerprint density at radius 2 is 1.86 bits per heavy atom. The van der Waals surface area contributed by atoms with Crippen LogP contribution in [0.25, 0.3) is 5.70 Å². The molecule has 0 aromatic heterocycles. The van der Waals surface area contributed by atoms with E-state index in [1.54, 1.807) is 6.08 Å². The van der Waals surface area contributed by atoms with Gasteiger partial charge in [-0.3, -0.25) is 0 Å². The fourth-order valence-corrected chi connectivity index (χ4v) is 1.11. The maximum Gasteiger partial charge on any atom is 0.0390 e. The number of allylic oxidation sites excluding steroid dienone is 2. The molecule has 0 aliphatic rings. The summed E-state index contributed by atoms with van der Waals surface area (Å²) in [7, 11) is 0. The molecule has 0 saturated heterocycles. The van der Waals surface area contributed by atoms with Crippen LogP contribution >= 0.6 is 0 Å². The standard InChI is InChI=1S/C11H13N.C2H6/c1-3-6-11(12)10-8-5-4-7-9(10)2;1-2/h3-8H,1,12H2,2H3;1-2H3/b11-6+;. The van der Waals surface area contributed by atoms with Crippen LogP contribution in [-0.2, 0) is 0 Å². The Hall–Kier alpha value is -1.50. The van der Waals surface area contributed by atoms with Crippen molar-refractivity contribution in [1.82, 2.24) is 0 Å². The van der Waals surface area contributed by atoms with E-state index in [4.69, 9.17) is 5.73 Å². The van der Waals surface area contributed by atoms with E-state index < -0.39 is 0 Å². The van der Waals surface area contributed by atoms with Gasteiger partial charge in [-0.05, 0) is 18.6 Å². The van der Waals surface area contributed by atoms with E-state index in [-0.39, 0.29) is 0 Å². The second kappa shape index (κ2) is 6.96. The Balaban J connectivity index is 0.000000791. The Morgan fingerprint density at radius 3 is 2.36 bits per heavy atom. The van der Waals surface area contributed by atoms with Crippen molar-refractivity contribution in [3.05, 3.63) is 54.1 Å². The van der Waals surface area contributed by atoms with Crippen molar-refractivity contribution in [2.45, 2.75) is 20.8 Å². The first kappa shape index (κ1) is 12.5.